The van der Waals surface area contributed by atoms with E-state index in [1.807, 2.05) is 35.4 Å². The monoisotopic (exact) mass is 483 g/mol. The summed E-state index contributed by atoms with van der Waals surface area (Å²) in [7, 11) is 0. The number of fused-ring (bicyclic) bond motifs is 1. The predicted molar refractivity (Wildman–Crippen MR) is 133 cm³/mol. The number of imidazole rings is 1. The number of rotatable bonds is 5. The maximum atomic E-state index is 13.7. The molecule has 0 unspecified atom stereocenters. The van der Waals surface area contributed by atoms with Gasteiger partial charge >= 0.3 is 0 Å². The van der Waals surface area contributed by atoms with E-state index >= 15 is 0 Å². The van der Waals surface area contributed by atoms with Gasteiger partial charge in [-0.05, 0) is 74.1 Å². The van der Waals surface area contributed by atoms with Gasteiger partial charge in [0.25, 0.3) is 0 Å². The molecular formula is C26H27ClFN3OS. The summed E-state index contributed by atoms with van der Waals surface area (Å²) >= 11 is 7.59. The molecule has 0 radical (unpaired) electrons. The summed E-state index contributed by atoms with van der Waals surface area (Å²) in [6, 6.07) is 13.1. The number of nitrogens with zero attached hydrogens (tertiary/aromatic N) is 3. The van der Waals surface area contributed by atoms with Crippen LogP contribution in [0.3, 0.4) is 0 Å². The number of halogens is 2. The molecule has 33 heavy (non-hydrogen) atoms. The number of hydrogen-bond acceptors (Lipinski definition) is 3. The van der Waals surface area contributed by atoms with Gasteiger partial charge in [0.2, 0.25) is 5.91 Å². The molecule has 2 heterocycles. The maximum absolute atomic E-state index is 13.7. The topological polar surface area (TPSA) is 38.1 Å². The summed E-state index contributed by atoms with van der Waals surface area (Å²) in [5, 5.41) is 1.59. The number of thioether (sulfide) groups is 1. The summed E-state index contributed by atoms with van der Waals surface area (Å²) in [5.41, 5.74) is 3.89. The van der Waals surface area contributed by atoms with Gasteiger partial charge in [0.05, 0.1) is 17.6 Å². The molecule has 0 bridgehead atoms. The number of amides is 1. The zero-order chi connectivity index (χ0) is 22.9. The molecule has 1 atom stereocenters. The second-order valence-electron chi connectivity index (χ2n) is 8.95. The van der Waals surface area contributed by atoms with Crippen molar-refractivity contribution in [3.05, 3.63) is 65.1 Å². The molecule has 3 aromatic rings. The second kappa shape index (κ2) is 9.51. The van der Waals surface area contributed by atoms with Crippen LogP contribution in [0.25, 0.3) is 11.3 Å². The average molecular weight is 484 g/mol. The number of anilines is 1. The fourth-order valence-corrected chi connectivity index (χ4v) is 6.13. The van der Waals surface area contributed by atoms with Gasteiger partial charge in [-0.1, -0.05) is 48.3 Å². The molecule has 0 saturated heterocycles. The molecule has 0 spiro atoms. The molecule has 1 aliphatic heterocycles. The Hall–Kier alpha value is -2.31. The number of carbonyl (C=O) groups excluding carboxylic acids is 1. The van der Waals surface area contributed by atoms with Gasteiger partial charge in [-0.2, -0.15) is 0 Å². The molecule has 2 aromatic carbocycles. The molecule has 7 heteroatoms. The third kappa shape index (κ3) is 4.56. The van der Waals surface area contributed by atoms with E-state index < -0.39 is 0 Å². The molecule has 1 saturated carbocycles. The first-order chi connectivity index (χ1) is 16.0. The fraction of sp³-hybridized carbons (Fsp3) is 0.385. The Labute approximate surface area is 203 Å². The minimum absolute atomic E-state index is 0.0362. The highest BCUT2D eigenvalue weighted by Gasteiger charge is 2.30. The van der Waals surface area contributed by atoms with Crippen molar-refractivity contribution < 1.29 is 9.18 Å². The van der Waals surface area contributed by atoms with E-state index in [9.17, 15) is 9.18 Å². The summed E-state index contributed by atoms with van der Waals surface area (Å²) in [5.74, 6) is 0.0813. The van der Waals surface area contributed by atoms with Crippen molar-refractivity contribution in [1.29, 1.82) is 0 Å². The summed E-state index contributed by atoms with van der Waals surface area (Å²) in [4.78, 5) is 19.9. The minimum Gasteiger partial charge on any atom is -0.316 e. The van der Waals surface area contributed by atoms with E-state index in [2.05, 4.69) is 11.5 Å². The summed E-state index contributed by atoms with van der Waals surface area (Å²) in [6.45, 7) is 2.06. The van der Waals surface area contributed by atoms with E-state index in [-0.39, 0.29) is 17.8 Å². The van der Waals surface area contributed by atoms with Gasteiger partial charge in [0, 0.05) is 22.8 Å². The lowest BCUT2D eigenvalue weighted by Gasteiger charge is -2.35. The van der Waals surface area contributed by atoms with Crippen LogP contribution < -0.4 is 4.90 Å². The first-order valence-corrected chi connectivity index (χ1v) is 12.9. The van der Waals surface area contributed by atoms with Crippen molar-refractivity contribution in [2.45, 2.75) is 62.7 Å². The Morgan fingerprint density at radius 3 is 2.67 bits per heavy atom. The van der Waals surface area contributed by atoms with E-state index in [4.69, 9.17) is 16.6 Å². The normalized spacial score (nSPS) is 18.5. The van der Waals surface area contributed by atoms with Crippen LogP contribution in [0.15, 0.2) is 53.8 Å². The van der Waals surface area contributed by atoms with Gasteiger partial charge in [-0.15, -0.1) is 0 Å². The van der Waals surface area contributed by atoms with Crippen molar-refractivity contribution in [2.75, 3.05) is 10.7 Å². The largest absolute Gasteiger partial charge is 0.316 e. The Morgan fingerprint density at radius 2 is 1.91 bits per heavy atom. The highest BCUT2D eigenvalue weighted by Crippen LogP contribution is 2.38. The first kappa shape index (κ1) is 22.5. The number of aryl methyl sites for hydroxylation is 1. The Morgan fingerprint density at radius 1 is 1.15 bits per heavy atom. The molecule has 1 amide bonds. The molecule has 1 aliphatic carbocycles. The van der Waals surface area contributed by atoms with Crippen molar-refractivity contribution in [1.82, 2.24) is 9.55 Å². The Balaban J connectivity index is 1.40. The molecule has 1 fully saturated rings. The van der Waals surface area contributed by atoms with Crippen LogP contribution in [0.1, 0.15) is 50.6 Å². The first-order valence-electron chi connectivity index (χ1n) is 11.6. The van der Waals surface area contributed by atoms with Crippen molar-refractivity contribution in [3.8, 4) is 11.3 Å². The lowest BCUT2D eigenvalue weighted by Crippen LogP contribution is -2.43. The van der Waals surface area contributed by atoms with Crippen LogP contribution in [0.5, 0.6) is 0 Å². The van der Waals surface area contributed by atoms with Crippen molar-refractivity contribution >= 4 is 35.0 Å². The second-order valence-corrected chi connectivity index (χ2v) is 10.3. The van der Waals surface area contributed by atoms with Gasteiger partial charge < -0.3 is 9.47 Å². The molecule has 2 aliphatic rings. The smallest absolute Gasteiger partial charge is 0.237 e. The quantitative estimate of drug-likeness (QED) is 0.370. The van der Waals surface area contributed by atoms with Crippen molar-refractivity contribution in [2.24, 2.45) is 0 Å². The number of carbonyl (C=O) groups is 1. The Bertz CT molecular complexity index is 1160. The van der Waals surface area contributed by atoms with E-state index in [0.29, 0.717) is 16.8 Å². The highest BCUT2D eigenvalue weighted by atomic mass is 35.5. The van der Waals surface area contributed by atoms with Crippen molar-refractivity contribution in [3.63, 3.8) is 0 Å². The third-order valence-electron chi connectivity index (χ3n) is 6.76. The molecule has 1 aromatic heterocycles. The Kier molecular flexibility index (Phi) is 6.48. The number of hydrogen-bond donors (Lipinski definition) is 0. The zero-order valence-electron chi connectivity index (χ0n) is 18.6. The average Bonchev–Trinajstić information content (AvgIpc) is 3.48. The lowest BCUT2D eigenvalue weighted by atomic mass is 9.96. The van der Waals surface area contributed by atoms with Gasteiger partial charge in [0.15, 0.2) is 5.16 Å². The van der Waals surface area contributed by atoms with Crippen LogP contribution in [0.2, 0.25) is 5.02 Å². The van der Waals surface area contributed by atoms with Crippen LogP contribution in [0, 0.1) is 5.82 Å². The SMILES string of the molecule is C[C@H]1CCc2cc(F)ccc2N1C(=O)CSc1ncc(-c2ccc(Cl)cc2)n1C1CCCC1. The number of benzene rings is 2. The van der Waals surface area contributed by atoms with Crippen LogP contribution in [-0.2, 0) is 11.2 Å². The fourth-order valence-electron chi connectivity index (χ4n) is 5.10. The molecule has 4 nitrogen and oxygen atoms in total. The summed E-state index contributed by atoms with van der Waals surface area (Å²) < 4.78 is 16.0. The maximum Gasteiger partial charge on any atom is 0.237 e. The molecule has 5 rings (SSSR count). The van der Waals surface area contributed by atoms with Crippen LogP contribution in [-0.4, -0.2) is 27.3 Å². The lowest BCUT2D eigenvalue weighted by molar-refractivity contribution is -0.116. The third-order valence-corrected chi connectivity index (χ3v) is 7.96. The number of aromatic nitrogens is 2. The standard InChI is InChI=1S/C26H27ClFN3OS/c1-17-6-7-19-14-21(28)12-13-23(19)30(17)25(32)16-33-26-29-15-24(18-8-10-20(27)11-9-18)31(26)22-4-2-3-5-22/h8-15,17,22H,2-7,16H2,1H3/t17-/m0/s1. The molecule has 172 valence electrons. The van der Waals surface area contributed by atoms with E-state index in [1.165, 1.54) is 30.7 Å². The molecular weight excluding hydrogens is 457 g/mol. The van der Waals surface area contributed by atoms with Gasteiger partial charge in [-0.3, -0.25) is 4.79 Å². The van der Waals surface area contributed by atoms with E-state index in [0.717, 1.165) is 53.3 Å². The zero-order valence-corrected chi connectivity index (χ0v) is 20.2. The minimum atomic E-state index is -0.251. The highest BCUT2D eigenvalue weighted by molar-refractivity contribution is 7.99. The van der Waals surface area contributed by atoms with Gasteiger partial charge in [0.1, 0.15) is 5.82 Å². The van der Waals surface area contributed by atoms with Crippen LogP contribution >= 0.6 is 23.4 Å². The predicted octanol–water partition coefficient (Wildman–Crippen LogP) is 6.92. The van der Waals surface area contributed by atoms with E-state index in [1.54, 1.807) is 12.1 Å². The molecule has 0 N–H and O–H groups in total. The van der Waals surface area contributed by atoms with Gasteiger partial charge in [-0.25, -0.2) is 9.37 Å². The summed E-state index contributed by atoms with van der Waals surface area (Å²) in [6.07, 6.45) is 8.22. The van der Waals surface area contributed by atoms with Crippen LogP contribution in [0.4, 0.5) is 10.1 Å².